The van der Waals surface area contributed by atoms with Crippen LogP contribution in [-0.4, -0.2) is 52.3 Å². The van der Waals surface area contributed by atoms with Crippen molar-refractivity contribution in [3.8, 4) is 0 Å². The molecule has 0 aliphatic heterocycles. The maximum atomic E-state index is 11.0. The predicted molar refractivity (Wildman–Crippen MR) is 95.0 cm³/mol. The van der Waals surface area contributed by atoms with Crippen molar-refractivity contribution < 1.29 is 34.5 Å². The molecule has 26 heavy (non-hydrogen) atoms. The lowest BCUT2D eigenvalue weighted by atomic mass is 10.1. The van der Waals surface area contributed by atoms with Crippen LogP contribution in [0.5, 0.6) is 0 Å². The highest BCUT2D eigenvalue weighted by Gasteiger charge is 2.19. The van der Waals surface area contributed by atoms with E-state index in [1.807, 2.05) is 30.3 Å². The summed E-state index contributed by atoms with van der Waals surface area (Å²) in [5, 5.41) is 29.7. The summed E-state index contributed by atoms with van der Waals surface area (Å²) < 4.78 is 0. The molecule has 0 unspecified atom stereocenters. The molecule has 0 aliphatic carbocycles. The number of hydrogen-bond acceptors (Lipinski definition) is 4. The maximum Gasteiger partial charge on any atom is 0.326 e. The molecule has 0 bridgehead atoms. The molecule has 1 aromatic carbocycles. The molecule has 1 atom stereocenters. The highest BCUT2D eigenvalue weighted by molar-refractivity contribution is 5.82. The van der Waals surface area contributed by atoms with Crippen LogP contribution in [0, 0.1) is 0 Å². The minimum Gasteiger partial charge on any atom is -0.481 e. The third-order valence-corrected chi connectivity index (χ3v) is 2.89. The van der Waals surface area contributed by atoms with Crippen LogP contribution in [0.2, 0.25) is 0 Å². The molecule has 0 spiro atoms. The fraction of sp³-hybridized carbons (Fsp3) is 0.412. The van der Waals surface area contributed by atoms with Crippen LogP contribution in [-0.2, 0) is 20.8 Å². The van der Waals surface area contributed by atoms with Crippen LogP contribution in [0.15, 0.2) is 30.3 Å². The normalized spacial score (nSPS) is 10.2. The molecule has 2 amide bonds. The Morgan fingerprint density at radius 1 is 0.962 bits per heavy atom. The molecule has 0 aliphatic rings. The summed E-state index contributed by atoms with van der Waals surface area (Å²) >= 11 is 0. The molecule has 9 heteroatoms. The van der Waals surface area contributed by atoms with Gasteiger partial charge in [0.05, 0.1) is 0 Å². The molecule has 146 valence electrons. The van der Waals surface area contributed by atoms with Gasteiger partial charge in [0.2, 0.25) is 0 Å². The Hall–Kier alpha value is -3.10. The van der Waals surface area contributed by atoms with E-state index in [1.165, 1.54) is 7.05 Å². The van der Waals surface area contributed by atoms with E-state index in [9.17, 15) is 19.2 Å². The second-order valence-electron chi connectivity index (χ2n) is 4.95. The molecule has 1 rings (SSSR count). The first-order valence-electron chi connectivity index (χ1n) is 7.44. The number of nitrogens with one attached hydrogen (secondary N) is 2. The van der Waals surface area contributed by atoms with E-state index in [0.29, 0.717) is 0 Å². The van der Waals surface area contributed by atoms with Gasteiger partial charge in [0.15, 0.2) is 0 Å². The number of urea groups is 1. The Kier molecular flexibility index (Phi) is 13.8. The average molecular weight is 370 g/mol. The summed E-state index contributed by atoms with van der Waals surface area (Å²) in [6, 6.07) is 7.74. The SMILES string of the molecule is C.CNC(=O)N[C@@H](Cc1ccccc1)C(=O)O.O=C(O)CCCC(=O)O. The van der Waals surface area contributed by atoms with Crippen molar-refractivity contribution >= 4 is 23.9 Å². The van der Waals surface area contributed by atoms with Crippen molar-refractivity contribution in [3.05, 3.63) is 35.9 Å². The van der Waals surface area contributed by atoms with Crippen LogP contribution in [0.25, 0.3) is 0 Å². The fourth-order valence-electron chi connectivity index (χ4n) is 1.67. The largest absolute Gasteiger partial charge is 0.481 e. The molecule has 0 saturated carbocycles. The Morgan fingerprint density at radius 2 is 1.46 bits per heavy atom. The van der Waals surface area contributed by atoms with Gasteiger partial charge in [0.1, 0.15) is 6.04 Å². The number of benzene rings is 1. The molecule has 0 radical (unpaired) electrons. The van der Waals surface area contributed by atoms with Gasteiger partial charge in [-0.05, 0) is 12.0 Å². The highest BCUT2D eigenvalue weighted by Crippen LogP contribution is 2.03. The Balaban J connectivity index is 0. The number of carboxylic acids is 3. The first kappa shape index (κ1) is 25.1. The van der Waals surface area contributed by atoms with Crippen LogP contribution in [0.1, 0.15) is 32.3 Å². The number of carboxylic acid groups (broad SMARTS) is 3. The predicted octanol–water partition coefficient (Wildman–Crippen LogP) is 1.57. The van der Waals surface area contributed by atoms with Crippen molar-refractivity contribution in [1.82, 2.24) is 10.6 Å². The smallest absolute Gasteiger partial charge is 0.326 e. The molecule has 0 heterocycles. The highest BCUT2D eigenvalue weighted by atomic mass is 16.4. The zero-order chi connectivity index (χ0) is 19.2. The number of carbonyl (C=O) groups is 4. The monoisotopic (exact) mass is 370 g/mol. The van der Waals surface area contributed by atoms with Crippen molar-refractivity contribution in [3.63, 3.8) is 0 Å². The van der Waals surface area contributed by atoms with Gasteiger partial charge < -0.3 is 26.0 Å². The zero-order valence-corrected chi connectivity index (χ0v) is 13.8. The lowest BCUT2D eigenvalue weighted by molar-refractivity contribution is -0.140. The van der Waals surface area contributed by atoms with Gasteiger partial charge >= 0.3 is 23.9 Å². The lowest BCUT2D eigenvalue weighted by Crippen LogP contribution is -2.46. The molecular formula is C17H26N2O7. The second kappa shape index (κ2) is 14.3. The number of carbonyl (C=O) groups excluding carboxylic acids is 1. The van der Waals surface area contributed by atoms with E-state index < -0.39 is 30.0 Å². The first-order valence-corrected chi connectivity index (χ1v) is 7.44. The topological polar surface area (TPSA) is 153 Å². The minimum absolute atomic E-state index is 0. The molecular weight excluding hydrogens is 344 g/mol. The van der Waals surface area contributed by atoms with Gasteiger partial charge in [-0.3, -0.25) is 9.59 Å². The summed E-state index contributed by atoms with van der Waals surface area (Å²) in [5.74, 6) is -2.94. The number of amides is 2. The minimum atomic E-state index is -1.05. The third kappa shape index (κ3) is 13.3. The number of hydrogen-bond donors (Lipinski definition) is 5. The molecule has 0 saturated heterocycles. The van der Waals surface area contributed by atoms with Crippen molar-refractivity contribution in [2.75, 3.05) is 7.05 Å². The van der Waals surface area contributed by atoms with Crippen molar-refractivity contribution in [2.24, 2.45) is 0 Å². The molecule has 0 aromatic heterocycles. The molecule has 1 aromatic rings. The summed E-state index contributed by atoms with van der Waals surface area (Å²) in [4.78, 5) is 41.5. The summed E-state index contributed by atoms with van der Waals surface area (Å²) in [6.45, 7) is 0. The summed E-state index contributed by atoms with van der Waals surface area (Å²) in [5.41, 5.74) is 0.867. The lowest BCUT2D eigenvalue weighted by Gasteiger charge is -2.13. The molecule has 9 nitrogen and oxygen atoms in total. The van der Waals surface area contributed by atoms with E-state index in [4.69, 9.17) is 15.3 Å². The van der Waals surface area contributed by atoms with E-state index in [2.05, 4.69) is 10.6 Å². The fourth-order valence-corrected chi connectivity index (χ4v) is 1.67. The van der Waals surface area contributed by atoms with Crippen LogP contribution in [0.3, 0.4) is 0 Å². The standard InChI is InChI=1S/C11H14N2O3.C5H8O4.CH4/c1-12-11(16)13-9(10(14)15)7-8-5-3-2-4-6-8;6-4(7)2-1-3-5(8)9;/h2-6,9H,7H2,1H3,(H,14,15)(H2,12,13,16);1-3H2,(H,6,7)(H,8,9);1H4/t9-;;/m0../s1. The Morgan fingerprint density at radius 3 is 1.85 bits per heavy atom. The van der Waals surface area contributed by atoms with Crippen LogP contribution >= 0.6 is 0 Å². The summed E-state index contributed by atoms with van der Waals surface area (Å²) in [7, 11) is 1.44. The first-order chi connectivity index (χ1) is 11.8. The van der Waals surface area contributed by atoms with Crippen LogP contribution in [0.4, 0.5) is 4.79 Å². The van der Waals surface area contributed by atoms with E-state index in [1.54, 1.807) is 0 Å². The summed E-state index contributed by atoms with van der Waals surface area (Å²) in [6.07, 6.45) is 0.354. The molecule has 5 N–H and O–H groups in total. The Labute approximate surface area is 152 Å². The van der Waals surface area contributed by atoms with Gasteiger partial charge in [-0.15, -0.1) is 0 Å². The Bertz CT molecular complexity index is 562. The van der Waals surface area contributed by atoms with Gasteiger partial charge in [0.25, 0.3) is 0 Å². The van der Waals surface area contributed by atoms with E-state index in [0.717, 1.165) is 5.56 Å². The van der Waals surface area contributed by atoms with Crippen molar-refractivity contribution in [2.45, 2.75) is 39.2 Å². The van der Waals surface area contributed by atoms with Gasteiger partial charge in [-0.1, -0.05) is 37.8 Å². The maximum absolute atomic E-state index is 11.0. The second-order valence-corrected chi connectivity index (χ2v) is 4.95. The van der Waals surface area contributed by atoms with E-state index in [-0.39, 0.29) is 33.1 Å². The average Bonchev–Trinajstić information content (AvgIpc) is 2.54. The van der Waals surface area contributed by atoms with Gasteiger partial charge in [0, 0.05) is 26.3 Å². The van der Waals surface area contributed by atoms with Gasteiger partial charge in [-0.25, -0.2) is 9.59 Å². The molecule has 0 fully saturated rings. The van der Waals surface area contributed by atoms with E-state index >= 15 is 0 Å². The third-order valence-electron chi connectivity index (χ3n) is 2.89. The van der Waals surface area contributed by atoms with Gasteiger partial charge in [-0.2, -0.15) is 0 Å². The van der Waals surface area contributed by atoms with Crippen LogP contribution < -0.4 is 10.6 Å². The van der Waals surface area contributed by atoms with Crippen molar-refractivity contribution in [1.29, 1.82) is 0 Å². The zero-order valence-electron chi connectivity index (χ0n) is 13.8. The number of aliphatic carboxylic acids is 3. The number of rotatable bonds is 8. The quantitative estimate of drug-likeness (QED) is 0.465.